The predicted molar refractivity (Wildman–Crippen MR) is 127 cm³/mol. The first-order valence-corrected chi connectivity index (χ1v) is 11.2. The summed E-state index contributed by atoms with van der Waals surface area (Å²) in [5, 5.41) is 0.913. The minimum absolute atomic E-state index is 0.263. The van der Waals surface area contributed by atoms with Crippen LogP contribution in [0, 0.1) is 11.8 Å². The lowest BCUT2D eigenvalue weighted by Crippen LogP contribution is -2.46. The van der Waals surface area contributed by atoms with Gasteiger partial charge in [0.15, 0.2) is 0 Å². The number of allylic oxidation sites excluding steroid dienone is 2. The van der Waals surface area contributed by atoms with Crippen molar-refractivity contribution in [1.29, 1.82) is 0 Å². The fourth-order valence-corrected chi connectivity index (χ4v) is 4.97. The Morgan fingerprint density at radius 3 is 1.79 bits per heavy atom. The lowest BCUT2D eigenvalue weighted by atomic mass is 9.68. The summed E-state index contributed by atoms with van der Waals surface area (Å²) in [5.74, 6) is -2.58. The van der Waals surface area contributed by atoms with Gasteiger partial charge in [0, 0.05) is 17.4 Å². The number of methoxy groups -OCH3 is 1. The Bertz CT molecular complexity index is 1190. The Balaban J connectivity index is 1.50. The van der Waals surface area contributed by atoms with Gasteiger partial charge in [0.05, 0.1) is 18.9 Å². The van der Waals surface area contributed by atoms with Crippen molar-refractivity contribution in [3.63, 3.8) is 0 Å². The summed E-state index contributed by atoms with van der Waals surface area (Å²) >= 11 is 0. The van der Waals surface area contributed by atoms with Crippen molar-refractivity contribution >= 4 is 17.7 Å². The van der Waals surface area contributed by atoms with E-state index in [0.29, 0.717) is 11.3 Å². The fraction of sp³-hybridized carbons (Fsp3) is 0.179. The van der Waals surface area contributed by atoms with E-state index >= 15 is 0 Å². The third-order valence-corrected chi connectivity index (χ3v) is 6.61. The summed E-state index contributed by atoms with van der Waals surface area (Å²) in [5.41, 5.74) is 4.78. The molecule has 1 aliphatic heterocycles. The lowest BCUT2D eigenvalue weighted by Gasteiger charge is -2.32. The smallest absolute Gasteiger partial charge is 0.270 e. The number of nitrogens with zero attached hydrogens (tertiary/aromatic N) is 1. The van der Waals surface area contributed by atoms with Crippen molar-refractivity contribution in [2.24, 2.45) is 11.8 Å². The summed E-state index contributed by atoms with van der Waals surface area (Å²) in [6.45, 7) is 0. The van der Waals surface area contributed by atoms with Crippen LogP contribution in [0.3, 0.4) is 0 Å². The maximum Gasteiger partial charge on any atom is 0.270 e. The van der Waals surface area contributed by atoms with Crippen LogP contribution in [0.5, 0.6) is 5.75 Å². The monoisotopic (exact) mass is 452 g/mol. The summed E-state index contributed by atoms with van der Waals surface area (Å²) in [4.78, 5) is 40.2. The van der Waals surface area contributed by atoms with Crippen LogP contribution in [0.1, 0.15) is 33.3 Å². The molecule has 0 saturated carbocycles. The number of nitrogens with one attached hydrogen (secondary N) is 1. The Labute approximate surface area is 197 Å². The minimum Gasteiger partial charge on any atom is -0.497 e. The van der Waals surface area contributed by atoms with Gasteiger partial charge >= 0.3 is 0 Å². The number of imide groups is 1. The van der Waals surface area contributed by atoms with Gasteiger partial charge in [0.25, 0.3) is 17.7 Å². The number of hydrogen-bond acceptors (Lipinski definition) is 4. The molecule has 170 valence electrons. The average molecular weight is 453 g/mol. The maximum atomic E-state index is 13.6. The molecule has 0 spiro atoms. The maximum absolute atomic E-state index is 13.6. The van der Waals surface area contributed by atoms with E-state index in [2.05, 4.69) is 5.43 Å². The van der Waals surface area contributed by atoms with Crippen LogP contribution in [-0.2, 0) is 9.59 Å². The molecule has 6 nitrogen and oxygen atoms in total. The molecule has 1 N–H and O–H groups in total. The molecule has 3 aromatic carbocycles. The highest BCUT2D eigenvalue weighted by atomic mass is 16.5. The second-order valence-corrected chi connectivity index (χ2v) is 8.49. The van der Waals surface area contributed by atoms with E-state index < -0.39 is 29.6 Å². The van der Waals surface area contributed by atoms with Gasteiger partial charge in [-0.05, 0) is 29.3 Å². The van der Waals surface area contributed by atoms with Gasteiger partial charge in [-0.2, -0.15) is 5.01 Å². The quantitative estimate of drug-likeness (QED) is 0.468. The lowest BCUT2D eigenvalue weighted by molar-refractivity contribution is -0.142. The van der Waals surface area contributed by atoms with Crippen molar-refractivity contribution in [2.45, 2.75) is 11.8 Å². The van der Waals surface area contributed by atoms with E-state index in [1.807, 2.05) is 72.8 Å². The van der Waals surface area contributed by atoms with Gasteiger partial charge in [-0.25, -0.2) is 0 Å². The number of amides is 3. The summed E-state index contributed by atoms with van der Waals surface area (Å²) in [6.07, 6.45) is 4.04. The molecule has 1 aliphatic carbocycles. The van der Waals surface area contributed by atoms with E-state index in [9.17, 15) is 14.4 Å². The third-order valence-electron chi connectivity index (χ3n) is 6.61. The van der Waals surface area contributed by atoms with Crippen molar-refractivity contribution in [1.82, 2.24) is 10.4 Å². The van der Waals surface area contributed by atoms with Gasteiger partial charge in [-0.3, -0.25) is 19.8 Å². The van der Waals surface area contributed by atoms with Gasteiger partial charge in [0.2, 0.25) is 0 Å². The van der Waals surface area contributed by atoms with E-state index in [0.717, 1.165) is 16.1 Å². The molecular weight excluding hydrogens is 428 g/mol. The molecule has 4 atom stereocenters. The molecule has 3 amide bonds. The first-order chi connectivity index (χ1) is 16.6. The summed E-state index contributed by atoms with van der Waals surface area (Å²) in [6, 6.07) is 25.9. The largest absolute Gasteiger partial charge is 0.497 e. The average Bonchev–Trinajstić information content (AvgIpc) is 3.14. The van der Waals surface area contributed by atoms with Crippen LogP contribution >= 0.6 is 0 Å². The number of rotatable bonds is 5. The van der Waals surface area contributed by atoms with Crippen LogP contribution in [0.2, 0.25) is 0 Å². The second-order valence-electron chi connectivity index (χ2n) is 8.49. The summed E-state index contributed by atoms with van der Waals surface area (Å²) in [7, 11) is 1.51. The first-order valence-electron chi connectivity index (χ1n) is 11.2. The van der Waals surface area contributed by atoms with E-state index in [-0.39, 0.29) is 11.8 Å². The van der Waals surface area contributed by atoms with E-state index in [4.69, 9.17) is 4.74 Å². The number of carbonyl (C=O) groups excluding carboxylic acids is 3. The van der Waals surface area contributed by atoms with Gasteiger partial charge in [0.1, 0.15) is 5.75 Å². The number of ether oxygens (including phenoxy) is 1. The van der Waals surface area contributed by atoms with Crippen LogP contribution < -0.4 is 10.2 Å². The Morgan fingerprint density at radius 2 is 1.29 bits per heavy atom. The molecule has 0 bridgehead atoms. The number of benzene rings is 3. The number of hydrazine groups is 1. The summed E-state index contributed by atoms with van der Waals surface area (Å²) < 4.78 is 5.18. The second kappa shape index (κ2) is 8.98. The van der Waals surface area contributed by atoms with Crippen molar-refractivity contribution in [2.75, 3.05) is 7.11 Å². The van der Waals surface area contributed by atoms with Crippen molar-refractivity contribution in [3.8, 4) is 5.75 Å². The van der Waals surface area contributed by atoms with Crippen molar-refractivity contribution < 1.29 is 19.1 Å². The first kappa shape index (κ1) is 21.6. The molecule has 5 rings (SSSR count). The molecule has 2 aliphatic rings. The molecule has 1 heterocycles. The molecule has 1 fully saturated rings. The van der Waals surface area contributed by atoms with E-state index in [1.54, 1.807) is 24.3 Å². The molecule has 3 aromatic rings. The SMILES string of the molecule is COc1cccc(C(=O)NN2C(=O)[C@H]3[C@H](C2=O)[C@H](c2ccccc2)C=C[C@H]3c2ccccc2)c1. The Kier molecular flexibility index (Phi) is 5.72. The third kappa shape index (κ3) is 3.77. The molecule has 34 heavy (non-hydrogen) atoms. The topological polar surface area (TPSA) is 75.7 Å². The van der Waals surface area contributed by atoms with Gasteiger partial charge in [-0.1, -0.05) is 78.9 Å². The van der Waals surface area contributed by atoms with Crippen LogP contribution in [0.15, 0.2) is 97.1 Å². The molecule has 0 radical (unpaired) electrons. The molecule has 0 unspecified atom stereocenters. The van der Waals surface area contributed by atoms with Crippen molar-refractivity contribution in [3.05, 3.63) is 114 Å². The highest BCUT2D eigenvalue weighted by Gasteiger charge is 2.55. The minimum atomic E-state index is -0.615. The zero-order chi connectivity index (χ0) is 23.7. The standard InChI is InChI=1S/C28H24N2O4/c1-34-21-14-8-13-20(17-21)26(31)29-30-27(32)24-22(18-9-4-2-5-10-18)15-16-23(25(24)28(30)33)19-11-6-3-7-12-19/h2-17,22-25H,1H3,(H,29,31)/t22-,23-,24+,25+/m0/s1. The molecule has 6 heteroatoms. The molecule has 0 aromatic heterocycles. The zero-order valence-electron chi connectivity index (χ0n) is 18.6. The Hall–Kier alpha value is -4.19. The number of hydrogen-bond donors (Lipinski definition) is 1. The highest BCUT2D eigenvalue weighted by Crippen LogP contribution is 2.48. The molecular formula is C28H24N2O4. The predicted octanol–water partition coefficient (Wildman–Crippen LogP) is 4.08. The fourth-order valence-electron chi connectivity index (χ4n) is 4.97. The normalized spacial score (nSPS) is 23.5. The van der Waals surface area contributed by atoms with Crippen LogP contribution in [-0.4, -0.2) is 29.8 Å². The number of carbonyl (C=O) groups is 3. The zero-order valence-corrected chi connectivity index (χ0v) is 18.6. The van der Waals surface area contributed by atoms with Gasteiger partial charge in [-0.15, -0.1) is 0 Å². The van der Waals surface area contributed by atoms with Crippen LogP contribution in [0.4, 0.5) is 0 Å². The Morgan fingerprint density at radius 1 is 0.765 bits per heavy atom. The number of fused-ring (bicyclic) bond motifs is 1. The van der Waals surface area contributed by atoms with E-state index in [1.165, 1.54) is 7.11 Å². The highest BCUT2D eigenvalue weighted by molar-refractivity contribution is 6.09. The van der Waals surface area contributed by atoms with Crippen LogP contribution in [0.25, 0.3) is 0 Å². The van der Waals surface area contributed by atoms with Gasteiger partial charge < -0.3 is 4.74 Å². The molecule has 1 saturated heterocycles.